The van der Waals surface area contributed by atoms with Gasteiger partial charge in [-0.05, 0) is 0 Å². The maximum absolute atomic E-state index is 5.13. The molecule has 0 aliphatic carbocycles. The predicted molar refractivity (Wildman–Crippen MR) is 31.7 cm³/mol. The summed E-state index contributed by atoms with van der Waals surface area (Å²) in [5.74, 6) is 1.67. The van der Waals surface area contributed by atoms with Crippen molar-refractivity contribution >= 4 is 11.8 Å². The van der Waals surface area contributed by atoms with Crippen LogP contribution in [0.25, 0.3) is 0 Å². The predicted octanol–water partition coefficient (Wildman–Crippen LogP) is 0.822. The fraction of sp³-hybridized carbons (Fsp3) is 0.500. The van der Waals surface area contributed by atoms with E-state index in [0.29, 0.717) is 5.88 Å². The minimum absolute atomic E-state index is 0.700. The maximum atomic E-state index is 5.13. The Morgan fingerprint density at radius 2 is 2.50 bits per heavy atom. The van der Waals surface area contributed by atoms with Crippen LogP contribution in [0, 0.1) is 0 Å². The molecule has 0 aliphatic rings. The maximum Gasteiger partial charge on any atom is 0.0395 e. The summed E-state index contributed by atoms with van der Waals surface area (Å²) in [4.78, 5) is 0. The van der Waals surface area contributed by atoms with Crippen molar-refractivity contribution in [3.05, 3.63) is 12.7 Å². The summed E-state index contributed by atoms with van der Waals surface area (Å²) in [6, 6.07) is 0. The molecule has 0 unspecified atom stereocenters. The van der Waals surface area contributed by atoms with Crippen LogP contribution in [-0.4, -0.2) is 11.6 Å². The lowest BCUT2D eigenvalue weighted by molar-refractivity contribution is 1.40. The molecule has 0 aromatic heterocycles. The van der Waals surface area contributed by atoms with Crippen molar-refractivity contribution in [3.63, 3.8) is 0 Å². The van der Waals surface area contributed by atoms with Crippen LogP contribution >= 0.6 is 11.8 Å². The summed E-state index contributed by atoms with van der Waals surface area (Å²) in [5, 5.41) is 0. The van der Waals surface area contributed by atoms with Crippen molar-refractivity contribution in [1.82, 2.24) is 0 Å². The lowest BCUT2D eigenvalue weighted by Crippen LogP contribution is -1.91. The van der Waals surface area contributed by atoms with Gasteiger partial charge in [-0.1, -0.05) is 6.08 Å². The summed E-state index contributed by atoms with van der Waals surface area (Å²) < 4.78 is 0. The van der Waals surface area contributed by atoms with E-state index in [0.717, 1.165) is 5.75 Å². The Labute approximate surface area is 42.6 Å². The highest BCUT2D eigenvalue weighted by atomic mass is 32.2. The molecular weight excluding hydrogens is 94.1 g/mol. The van der Waals surface area contributed by atoms with Crippen molar-refractivity contribution in [3.8, 4) is 0 Å². The summed E-state index contributed by atoms with van der Waals surface area (Å²) >= 11 is 1.67. The molecule has 2 heteroatoms. The van der Waals surface area contributed by atoms with E-state index < -0.39 is 0 Å². The van der Waals surface area contributed by atoms with Gasteiger partial charge >= 0.3 is 0 Å². The average Bonchev–Trinajstić information content (AvgIpc) is 1.61. The Morgan fingerprint density at radius 1 is 1.83 bits per heavy atom. The smallest absolute Gasteiger partial charge is 0.0395 e. The summed E-state index contributed by atoms with van der Waals surface area (Å²) in [7, 11) is 0. The van der Waals surface area contributed by atoms with Crippen LogP contribution < -0.4 is 5.73 Å². The number of thioether (sulfide) groups is 1. The number of hydrogen-bond donors (Lipinski definition) is 1. The quantitative estimate of drug-likeness (QED) is 0.325. The Balaban J connectivity index is 2.49. The Hall–Kier alpha value is 0.0500. The molecule has 0 amide bonds. The molecule has 0 heterocycles. The Kier molecular flexibility index (Phi) is 5.09. The zero-order chi connectivity index (χ0) is 4.83. The monoisotopic (exact) mass is 103 g/mol. The standard InChI is InChI=1S/C4H9NS/c1-2-3-6-4-5/h2H,1,3-5H2. The van der Waals surface area contributed by atoms with E-state index in [2.05, 4.69) is 6.58 Å². The summed E-state index contributed by atoms with van der Waals surface area (Å²) in [6.07, 6.45) is 1.84. The van der Waals surface area contributed by atoms with Gasteiger partial charge in [0, 0.05) is 11.6 Å². The van der Waals surface area contributed by atoms with E-state index in [9.17, 15) is 0 Å². The van der Waals surface area contributed by atoms with Crippen LogP contribution in [0.2, 0.25) is 0 Å². The van der Waals surface area contributed by atoms with Crippen molar-refractivity contribution in [2.45, 2.75) is 0 Å². The van der Waals surface area contributed by atoms with Gasteiger partial charge in [-0.3, -0.25) is 0 Å². The molecule has 0 rings (SSSR count). The number of nitrogens with two attached hydrogens (primary N) is 1. The third kappa shape index (κ3) is 4.05. The molecular formula is C4H9NS. The van der Waals surface area contributed by atoms with Gasteiger partial charge in [0.25, 0.3) is 0 Å². The van der Waals surface area contributed by atoms with Gasteiger partial charge in [0.2, 0.25) is 0 Å². The largest absolute Gasteiger partial charge is 0.322 e. The van der Waals surface area contributed by atoms with Crippen LogP contribution in [0.1, 0.15) is 0 Å². The molecule has 0 bridgehead atoms. The fourth-order valence-electron chi connectivity index (χ4n) is 0.151. The SMILES string of the molecule is C=CCSCN. The molecule has 36 valence electrons. The third-order valence-electron chi connectivity index (χ3n) is 0.354. The molecule has 0 atom stereocenters. The van der Waals surface area contributed by atoms with E-state index in [1.807, 2.05) is 6.08 Å². The molecule has 0 saturated carbocycles. The second-order valence-corrected chi connectivity index (χ2v) is 1.90. The first-order chi connectivity index (χ1) is 2.91. The molecule has 0 aromatic rings. The minimum atomic E-state index is 0.700. The highest BCUT2D eigenvalue weighted by Crippen LogP contribution is 1.91. The number of rotatable bonds is 3. The Morgan fingerprint density at radius 3 is 2.67 bits per heavy atom. The van der Waals surface area contributed by atoms with Crippen molar-refractivity contribution in [2.24, 2.45) is 5.73 Å². The fourth-order valence-corrected chi connectivity index (χ4v) is 0.454. The van der Waals surface area contributed by atoms with Crippen molar-refractivity contribution in [2.75, 3.05) is 11.6 Å². The average molecular weight is 103 g/mol. The second-order valence-electron chi connectivity index (χ2n) is 0.826. The number of hydrogen-bond acceptors (Lipinski definition) is 2. The summed E-state index contributed by atoms with van der Waals surface area (Å²) in [6.45, 7) is 3.52. The molecule has 0 fully saturated rings. The van der Waals surface area contributed by atoms with Gasteiger partial charge in [-0.15, -0.1) is 18.3 Å². The normalized spacial score (nSPS) is 8.17. The molecule has 6 heavy (non-hydrogen) atoms. The zero-order valence-corrected chi connectivity index (χ0v) is 4.50. The van der Waals surface area contributed by atoms with Gasteiger partial charge in [0.1, 0.15) is 0 Å². The van der Waals surface area contributed by atoms with E-state index in [1.54, 1.807) is 11.8 Å². The highest BCUT2D eigenvalue weighted by molar-refractivity contribution is 7.99. The first-order valence-electron chi connectivity index (χ1n) is 1.80. The van der Waals surface area contributed by atoms with Gasteiger partial charge in [-0.2, -0.15) is 0 Å². The van der Waals surface area contributed by atoms with Crippen LogP contribution in [0.15, 0.2) is 12.7 Å². The topological polar surface area (TPSA) is 26.0 Å². The summed E-state index contributed by atoms with van der Waals surface area (Å²) in [5.41, 5.74) is 5.13. The van der Waals surface area contributed by atoms with Crippen LogP contribution in [0.4, 0.5) is 0 Å². The Bertz CT molecular complexity index is 36.5. The van der Waals surface area contributed by atoms with Crippen LogP contribution in [-0.2, 0) is 0 Å². The van der Waals surface area contributed by atoms with Crippen LogP contribution in [0.5, 0.6) is 0 Å². The van der Waals surface area contributed by atoms with Gasteiger partial charge in [0.05, 0.1) is 0 Å². The van der Waals surface area contributed by atoms with Crippen LogP contribution in [0.3, 0.4) is 0 Å². The molecule has 0 aliphatic heterocycles. The molecule has 0 radical (unpaired) electrons. The van der Waals surface area contributed by atoms with Crippen molar-refractivity contribution < 1.29 is 0 Å². The van der Waals surface area contributed by atoms with E-state index in [1.165, 1.54) is 0 Å². The van der Waals surface area contributed by atoms with E-state index in [-0.39, 0.29) is 0 Å². The van der Waals surface area contributed by atoms with Gasteiger partial charge in [0.15, 0.2) is 0 Å². The minimum Gasteiger partial charge on any atom is -0.322 e. The molecule has 1 nitrogen and oxygen atoms in total. The first kappa shape index (κ1) is 6.05. The molecule has 0 aromatic carbocycles. The first-order valence-corrected chi connectivity index (χ1v) is 2.96. The molecule has 0 saturated heterocycles. The van der Waals surface area contributed by atoms with Crippen molar-refractivity contribution in [1.29, 1.82) is 0 Å². The highest BCUT2D eigenvalue weighted by Gasteiger charge is 1.70. The second kappa shape index (κ2) is 5.05. The van der Waals surface area contributed by atoms with E-state index in [4.69, 9.17) is 5.73 Å². The lowest BCUT2D eigenvalue weighted by Gasteiger charge is -1.83. The van der Waals surface area contributed by atoms with Gasteiger partial charge in [-0.25, -0.2) is 0 Å². The zero-order valence-electron chi connectivity index (χ0n) is 3.68. The van der Waals surface area contributed by atoms with E-state index >= 15 is 0 Å². The third-order valence-corrected chi connectivity index (χ3v) is 1.06. The molecule has 0 spiro atoms. The lowest BCUT2D eigenvalue weighted by atomic mass is 10.8. The van der Waals surface area contributed by atoms with Gasteiger partial charge < -0.3 is 5.73 Å². The molecule has 2 N–H and O–H groups in total.